The molecule has 106 valence electrons. The Morgan fingerprint density at radius 1 is 1.25 bits per heavy atom. The third-order valence-electron chi connectivity index (χ3n) is 4.10. The van der Waals surface area contributed by atoms with Crippen LogP contribution in [0.2, 0.25) is 0 Å². The molecule has 0 fully saturated rings. The second kappa shape index (κ2) is 7.23. The normalized spacial score (nSPS) is 22.0. The summed E-state index contributed by atoms with van der Waals surface area (Å²) in [6, 6.07) is 10.5. The molecular weight excluding hydrogens is 244 g/mol. The topological polar surface area (TPSA) is 17.1 Å². The van der Waals surface area contributed by atoms with Gasteiger partial charge in [0, 0.05) is 5.92 Å². The highest BCUT2D eigenvalue weighted by Crippen LogP contribution is 2.37. The van der Waals surface area contributed by atoms with Gasteiger partial charge in [0.15, 0.2) is 0 Å². The Morgan fingerprint density at radius 2 is 2.00 bits per heavy atom. The van der Waals surface area contributed by atoms with E-state index in [1.165, 1.54) is 16.7 Å². The summed E-state index contributed by atoms with van der Waals surface area (Å²) in [5.41, 5.74) is 4.19. The van der Waals surface area contributed by atoms with Crippen molar-refractivity contribution in [1.82, 2.24) is 0 Å². The van der Waals surface area contributed by atoms with Crippen molar-refractivity contribution < 1.29 is 4.79 Å². The molecule has 2 atom stereocenters. The van der Waals surface area contributed by atoms with Crippen LogP contribution in [0.15, 0.2) is 53.6 Å². The van der Waals surface area contributed by atoms with Gasteiger partial charge in [-0.2, -0.15) is 0 Å². The van der Waals surface area contributed by atoms with E-state index in [1.807, 2.05) is 6.07 Å². The fourth-order valence-corrected chi connectivity index (χ4v) is 2.95. The smallest absolute Gasteiger partial charge is 0.124 e. The van der Waals surface area contributed by atoms with Crippen LogP contribution >= 0.6 is 0 Å². The first-order valence-corrected chi connectivity index (χ1v) is 7.52. The lowest BCUT2D eigenvalue weighted by Crippen LogP contribution is -2.18. The maximum Gasteiger partial charge on any atom is 0.124 e. The van der Waals surface area contributed by atoms with E-state index in [0.29, 0.717) is 5.92 Å². The zero-order valence-electron chi connectivity index (χ0n) is 12.5. The Bertz CT molecular complexity index is 492. The highest BCUT2D eigenvalue weighted by atomic mass is 16.1. The molecule has 2 rings (SSSR count). The molecule has 1 aliphatic rings. The van der Waals surface area contributed by atoms with Gasteiger partial charge in [-0.3, -0.25) is 0 Å². The standard InChI is InChI=1S/C19H24O/c1-15(2)7-6-8-16-11-12-18(14-20)19(13-16)17-9-4-3-5-10-17/h3-5,7,9-11,14,18-19H,6,8,12-13H2,1-2H3/t18-,19-/m1/s1. The number of benzene rings is 1. The van der Waals surface area contributed by atoms with Crippen LogP contribution in [-0.2, 0) is 4.79 Å². The molecule has 1 aromatic carbocycles. The quantitative estimate of drug-likeness (QED) is 0.539. The number of hydrogen-bond acceptors (Lipinski definition) is 1. The summed E-state index contributed by atoms with van der Waals surface area (Å²) in [7, 11) is 0. The van der Waals surface area contributed by atoms with Crippen LogP contribution in [-0.4, -0.2) is 6.29 Å². The van der Waals surface area contributed by atoms with Gasteiger partial charge in [0.1, 0.15) is 6.29 Å². The predicted octanol–water partition coefficient (Wildman–Crippen LogP) is 5.05. The Balaban J connectivity index is 2.07. The van der Waals surface area contributed by atoms with Gasteiger partial charge in [0.2, 0.25) is 0 Å². The lowest BCUT2D eigenvalue weighted by molar-refractivity contribution is -0.111. The van der Waals surface area contributed by atoms with Gasteiger partial charge in [0.25, 0.3) is 0 Å². The van der Waals surface area contributed by atoms with Crippen LogP contribution in [0.3, 0.4) is 0 Å². The van der Waals surface area contributed by atoms with Crippen LogP contribution < -0.4 is 0 Å². The molecule has 0 spiro atoms. The van der Waals surface area contributed by atoms with Crippen molar-refractivity contribution in [1.29, 1.82) is 0 Å². The third-order valence-corrected chi connectivity index (χ3v) is 4.10. The molecule has 1 heteroatoms. The zero-order valence-corrected chi connectivity index (χ0v) is 12.5. The summed E-state index contributed by atoms with van der Waals surface area (Å²) < 4.78 is 0. The van der Waals surface area contributed by atoms with Gasteiger partial charge in [-0.05, 0) is 51.0 Å². The van der Waals surface area contributed by atoms with Crippen molar-refractivity contribution in [3.8, 4) is 0 Å². The molecule has 1 aromatic rings. The number of carbonyl (C=O) groups is 1. The Hall–Kier alpha value is -1.63. The predicted molar refractivity (Wildman–Crippen MR) is 84.7 cm³/mol. The van der Waals surface area contributed by atoms with Gasteiger partial charge in [-0.15, -0.1) is 0 Å². The summed E-state index contributed by atoms with van der Waals surface area (Å²) in [6.07, 6.45) is 9.89. The molecule has 0 amide bonds. The van der Waals surface area contributed by atoms with Gasteiger partial charge in [-0.25, -0.2) is 0 Å². The largest absolute Gasteiger partial charge is 0.303 e. The van der Waals surface area contributed by atoms with Crippen molar-refractivity contribution in [3.05, 3.63) is 59.2 Å². The van der Waals surface area contributed by atoms with E-state index in [4.69, 9.17) is 0 Å². The molecule has 0 saturated heterocycles. The Morgan fingerprint density at radius 3 is 2.65 bits per heavy atom. The maximum absolute atomic E-state index is 11.3. The second-order valence-corrected chi connectivity index (χ2v) is 5.94. The summed E-state index contributed by atoms with van der Waals surface area (Å²) in [4.78, 5) is 11.3. The van der Waals surface area contributed by atoms with E-state index >= 15 is 0 Å². The lowest BCUT2D eigenvalue weighted by atomic mass is 9.75. The SMILES string of the molecule is CC(C)=CCCC1=CC[C@H](C=O)[C@@H](c2ccccc2)C1. The molecule has 1 aliphatic carbocycles. The van der Waals surface area contributed by atoms with E-state index < -0.39 is 0 Å². The molecule has 0 unspecified atom stereocenters. The molecule has 0 N–H and O–H groups in total. The molecule has 20 heavy (non-hydrogen) atoms. The Labute approximate surface area is 122 Å². The minimum absolute atomic E-state index is 0.143. The van der Waals surface area contributed by atoms with Gasteiger partial charge in [-0.1, -0.05) is 53.6 Å². The highest BCUT2D eigenvalue weighted by Gasteiger charge is 2.26. The van der Waals surface area contributed by atoms with E-state index in [2.05, 4.69) is 50.3 Å². The van der Waals surface area contributed by atoms with Crippen LogP contribution in [0.4, 0.5) is 0 Å². The van der Waals surface area contributed by atoms with E-state index in [9.17, 15) is 4.79 Å². The second-order valence-electron chi connectivity index (χ2n) is 5.94. The van der Waals surface area contributed by atoms with Crippen LogP contribution in [0.25, 0.3) is 0 Å². The first-order chi connectivity index (χ1) is 9.70. The van der Waals surface area contributed by atoms with Crippen molar-refractivity contribution in [2.24, 2.45) is 5.92 Å². The summed E-state index contributed by atoms with van der Waals surface area (Å²) in [6.45, 7) is 4.29. The fraction of sp³-hybridized carbons (Fsp3) is 0.421. The molecule has 0 aromatic heterocycles. The van der Waals surface area contributed by atoms with Crippen molar-refractivity contribution in [2.75, 3.05) is 0 Å². The molecule has 0 bridgehead atoms. The van der Waals surface area contributed by atoms with Gasteiger partial charge >= 0.3 is 0 Å². The third kappa shape index (κ3) is 3.93. The maximum atomic E-state index is 11.3. The minimum Gasteiger partial charge on any atom is -0.303 e. The molecule has 1 nitrogen and oxygen atoms in total. The monoisotopic (exact) mass is 268 g/mol. The van der Waals surface area contributed by atoms with Crippen LogP contribution in [0, 0.1) is 5.92 Å². The van der Waals surface area contributed by atoms with Gasteiger partial charge in [0.05, 0.1) is 0 Å². The first-order valence-electron chi connectivity index (χ1n) is 7.52. The Kier molecular flexibility index (Phi) is 5.34. The minimum atomic E-state index is 0.143. The van der Waals surface area contributed by atoms with Crippen molar-refractivity contribution in [3.63, 3.8) is 0 Å². The summed E-state index contributed by atoms with van der Waals surface area (Å²) in [5, 5.41) is 0. The van der Waals surface area contributed by atoms with Crippen LogP contribution in [0.1, 0.15) is 51.0 Å². The van der Waals surface area contributed by atoms with E-state index in [0.717, 1.165) is 32.0 Å². The summed E-state index contributed by atoms with van der Waals surface area (Å²) >= 11 is 0. The number of carbonyl (C=O) groups excluding carboxylic acids is 1. The van der Waals surface area contributed by atoms with Crippen molar-refractivity contribution in [2.45, 2.75) is 45.4 Å². The van der Waals surface area contributed by atoms with E-state index in [1.54, 1.807) is 0 Å². The average Bonchev–Trinajstić information content (AvgIpc) is 2.47. The fourth-order valence-electron chi connectivity index (χ4n) is 2.95. The average molecular weight is 268 g/mol. The molecule has 0 heterocycles. The number of allylic oxidation sites excluding steroid dienone is 4. The molecule has 0 saturated carbocycles. The number of hydrogen-bond donors (Lipinski definition) is 0. The van der Waals surface area contributed by atoms with Gasteiger partial charge < -0.3 is 4.79 Å². The summed E-state index contributed by atoms with van der Waals surface area (Å²) in [5.74, 6) is 0.505. The molecule has 0 radical (unpaired) electrons. The van der Waals surface area contributed by atoms with Crippen LogP contribution in [0.5, 0.6) is 0 Å². The molecular formula is C19H24O. The zero-order chi connectivity index (χ0) is 14.4. The number of rotatable bonds is 5. The van der Waals surface area contributed by atoms with E-state index in [-0.39, 0.29) is 5.92 Å². The highest BCUT2D eigenvalue weighted by molar-refractivity contribution is 5.57. The molecule has 0 aliphatic heterocycles. The lowest BCUT2D eigenvalue weighted by Gasteiger charge is -2.28. The van der Waals surface area contributed by atoms with Crippen molar-refractivity contribution >= 4 is 6.29 Å². The number of aldehydes is 1. The first kappa shape index (κ1) is 14.8.